The number of anilines is 1. The highest BCUT2D eigenvalue weighted by Gasteiger charge is 2.23. The molecule has 1 aromatic carbocycles. The number of benzene rings is 1. The zero-order valence-electron chi connectivity index (χ0n) is 14.6. The van der Waals surface area contributed by atoms with Crippen molar-refractivity contribution in [3.8, 4) is 5.75 Å². The van der Waals surface area contributed by atoms with Gasteiger partial charge in [-0.05, 0) is 30.5 Å². The molecule has 1 aliphatic heterocycles. The molecule has 132 valence electrons. The molecule has 1 fully saturated rings. The summed E-state index contributed by atoms with van der Waals surface area (Å²) in [5.74, 6) is 1.11. The number of hydrogen-bond acceptors (Lipinski definition) is 4. The summed E-state index contributed by atoms with van der Waals surface area (Å²) < 4.78 is 6.69. The second-order valence-electron chi connectivity index (χ2n) is 6.38. The number of nitrogens with zero attached hydrogens (tertiary/aromatic N) is 2. The van der Waals surface area contributed by atoms with Crippen LogP contribution in [0.5, 0.6) is 5.75 Å². The first-order chi connectivity index (χ1) is 12.1. The topological polar surface area (TPSA) is 63.6 Å². The maximum absolute atomic E-state index is 12.2. The van der Waals surface area contributed by atoms with Crippen molar-refractivity contribution in [3.63, 3.8) is 0 Å². The van der Waals surface area contributed by atoms with Gasteiger partial charge in [0.15, 0.2) is 0 Å². The van der Waals surface area contributed by atoms with Crippen LogP contribution in [0.2, 0.25) is 0 Å². The van der Waals surface area contributed by atoms with Gasteiger partial charge in [-0.1, -0.05) is 6.07 Å². The lowest BCUT2D eigenvalue weighted by Crippen LogP contribution is -2.31. The van der Waals surface area contributed by atoms with E-state index in [-0.39, 0.29) is 11.5 Å². The van der Waals surface area contributed by atoms with E-state index in [1.54, 1.807) is 26.4 Å². The maximum Gasteiger partial charge on any atom is 0.252 e. The number of hydrogen-bond donors (Lipinski definition) is 1. The predicted molar refractivity (Wildman–Crippen MR) is 97.3 cm³/mol. The van der Waals surface area contributed by atoms with Crippen LogP contribution in [0.4, 0.5) is 5.69 Å². The van der Waals surface area contributed by atoms with E-state index in [1.807, 2.05) is 18.2 Å². The number of amides is 1. The third-order valence-corrected chi connectivity index (χ3v) is 4.60. The number of aromatic nitrogens is 1. The first kappa shape index (κ1) is 17.1. The average Bonchev–Trinajstić information content (AvgIpc) is 3.11. The summed E-state index contributed by atoms with van der Waals surface area (Å²) in [5, 5.41) is 2.98. The third-order valence-electron chi connectivity index (χ3n) is 4.60. The minimum Gasteiger partial charge on any atom is -0.497 e. The van der Waals surface area contributed by atoms with Crippen LogP contribution >= 0.6 is 0 Å². The lowest BCUT2D eigenvalue weighted by atomic mass is 10.1. The Bertz CT molecular complexity index is 816. The van der Waals surface area contributed by atoms with Gasteiger partial charge in [-0.25, -0.2) is 0 Å². The normalized spacial score (nSPS) is 16.7. The summed E-state index contributed by atoms with van der Waals surface area (Å²) in [6, 6.07) is 11.0. The summed E-state index contributed by atoms with van der Waals surface area (Å²) >= 11 is 0. The highest BCUT2D eigenvalue weighted by Crippen LogP contribution is 2.26. The monoisotopic (exact) mass is 341 g/mol. The molecular formula is C19H23N3O3. The fourth-order valence-electron chi connectivity index (χ4n) is 3.11. The van der Waals surface area contributed by atoms with Crippen molar-refractivity contribution in [2.75, 3.05) is 31.6 Å². The molecule has 0 saturated carbocycles. The molecule has 1 N–H and O–H groups in total. The van der Waals surface area contributed by atoms with Crippen molar-refractivity contribution >= 4 is 11.6 Å². The van der Waals surface area contributed by atoms with Gasteiger partial charge in [0.05, 0.1) is 12.7 Å². The Morgan fingerprint density at radius 2 is 2.16 bits per heavy atom. The van der Waals surface area contributed by atoms with Crippen molar-refractivity contribution in [2.24, 2.45) is 13.0 Å². The van der Waals surface area contributed by atoms with Gasteiger partial charge in [0.25, 0.3) is 5.91 Å². The van der Waals surface area contributed by atoms with Crippen LogP contribution in [0.1, 0.15) is 16.8 Å². The van der Waals surface area contributed by atoms with E-state index in [0.29, 0.717) is 18.0 Å². The smallest absolute Gasteiger partial charge is 0.252 e. The van der Waals surface area contributed by atoms with E-state index in [2.05, 4.69) is 16.3 Å². The molecule has 0 spiro atoms. The van der Waals surface area contributed by atoms with E-state index in [0.717, 1.165) is 30.9 Å². The van der Waals surface area contributed by atoms with Crippen molar-refractivity contribution in [2.45, 2.75) is 6.42 Å². The highest BCUT2D eigenvalue weighted by atomic mass is 16.5. The van der Waals surface area contributed by atoms with Crippen LogP contribution in [0, 0.1) is 5.92 Å². The number of nitrogens with one attached hydrogen (secondary N) is 1. The Morgan fingerprint density at radius 1 is 1.32 bits per heavy atom. The number of methoxy groups -OCH3 is 1. The molecule has 0 bridgehead atoms. The summed E-state index contributed by atoms with van der Waals surface area (Å²) in [7, 11) is 3.31. The maximum atomic E-state index is 12.2. The van der Waals surface area contributed by atoms with Crippen LogP contribution in [-0.2, 0) is 7.05 Å². The van der Waals surface area contributed by atoms with Crippen molar-refractivity contribution in [3.05, 3.63) is 58.5 Å². The minimum absolute atomic E-state index is 0.124. The molecule has 0 radical (unpaired) electrons. The Labute approximate surface area is 147 Å². The van der Waals surface area contributed by atoms with E-state index < -0.39 is 0 Å². The summed E-state index contributed by atoms with van der Waals surface area (Å²) in [5.41, 5.74) is 1.53. The molecule has 2 aromatic rings. The fraction of sp³-hybridized carbons (Fsp3) is 0.368. The zero-order chi connectivity index (χ0) is 17.8. The van der Waals surface area contributed by atoms with Gasteiger partial charge in [0, 0.05) is 50.7 Å². The molecule has 0 aliphatic carbocycles. The number of rotatable bonds is 5. The van der Waals surface area contributed by atoms with Gasteiger partial charge in [0.2, 0.25) is 5.56 Å². The van der Waals surface area contributed by atoms with Crippen LogP contribution in [-0.4, -0.2) is 37.2 Å². The van der Waals surface area contributed by atoms with Crippen LogP contribution in [0.3, 0.4) is 0 Å². The highest BCUT2D eigenvalue weighted by molar-refractivity contribution is 5.93. The Kier molecular flexibility index (Phi) is 5.07. The molecular weight excluding hydrogens is 318 g/mol. The number of carbonyl (C=O) groups excluding carboxylic acids is 1. The van der Waals surface area contributed by atoms with Crippen LogP contribution in [0.25, 0.3) is 0 Å². The van der Waals surface area contributed by atoms with Gasteiger partial charge >= 0.3 is 0 Å². The van der Waals surface area contributed by atoms with Crippen LogP contribution < -0.4 is 20.5 Å². The van der Waals surface area contributed by atoms with Crippen molar-refractivity contribution in [1.29, 1.82) is 0 Å². The molecule has 6 nitrogen and oxygen atoms in total. The van der Waals surface area contributed by atoms with Gasteiger partial charge in [-0.15, -0.1) is 0 Å². The van der Waals surface area contributed by atoms with E-state index >= 15 is 0 Å². The predicted octanol–water partition coefficient (Wildman–Crippen LogP) is 1.65. The van der Waals surface area contributed by atoms with Crippen molar-refractivity contribution in [1.82, 2.24) is 9.88 Å². The Morgan fingerprint density at radius 3 is 2.92 bits per heavy atom. The summed E-state index contributed by atoms with van der Waals surface area (Å²) in [4.78, 5) is 25.9. The van der Waals surface area contributed by atoms with Gasteiger partial charge in [0.1, 0.15) is 5.75 Å². The second kappa shape index (κ2) is 7.42. The standard InChI is InChI=1S/C19H23N3O3/c1-21-13-15(6-7-18(21)23)19(24)20-11-14-8-9-22(12-14)16-4-3-5-17(10-16)25-2/h3-7,10,13-14H,8-9,11-12H2,1-2H3,(H,20,24). The number of carbonyl (C=O) groups is 1. The van der Waals surface area contributed by atoms with E-state index in [9.17, 15) is 9.59 Å². The first-order valence-corrected chi connectivity index (χ1v) is 8.40. The lowest BCUT2D eigenvalue weighted by Gasteiger charge is -2.19. The molecule has 3 rings (SSSR count). The summed E-state index contributed by atoms with van der Waals surface area (Å²) in [6.45, 7) is 2.50. The quantitative estimate of drug-likeness (QED) is 0.898. The SMILES string of the molecule is COc1cccc(N2CCC(CNC(=O)c3ccc(=O)n(C)c3)C2)c1. The zero-order valence-corrected chi connectivity index (χ0v) is 14.6. The van der Waals surface area contributed by atoms with Crippen LogP contribution in [0.15, 0.2) is 47.4 Å². The molecule has 1 unspecified atom stereocenters. The largest absolute Gasteiger partial charge is 0.497 e. The second-order valence-corrected chi connectivity index (χ2v) is 6.38. The lowest BCUT2D eigenvalue weighted by molar-refractivity contribution is 0.0947. The molecule has 1 saturated heterocycles. The van der Waals surface area contributed by atoms with Gasteiger partial charge in [-0.3, -0.25) is 9.59 Å². The molecule has 1 aliphatic rings. The molecule has 1 aromatic heterocycles. The third kappa shape index (κ3) is 4.02. The Hall–Kier alpha value is -2.76. The molecule has 1 amide bonds. The molecule has 1 atom stereocenters. The minimum atomic E-state index is -0.143. The van der Waals surface area contributed by atoms with E-state index in [4.69, 9.17) is 4.74 Å². The summed E-state index contributed by atoms with van der Waals surface area (Å²) in [6.07, 6.45) is 2.60. The number of pyridine rings is 1. The average molecular weight is 341 g/mol. The molecule has 25 heavy (non-hydrogen) atoms. The number of aryl methyl sites for hydroxylation is 1. The van der Waals surface area contributed by atoms with E-state index in [1.165, 1.54) is 10.6 Å². The Balaban J connectivity index is 1.55. The molecule has 2 heterocycles. The van der Waals surface area contributed by atoms with Crippen molar-refractivity contribution < 1.29 is 9.53 Å². The van der Waals surface area contributed by atoms with Gasteiger partial charge in [-0.2, -0.15) is 0 Å². The fourth-order valence-corrected chi connectivity index (χ4v) is 3.11. The first-order valence-electron chi connectivity index (χ1n) is 8.40. The number of ether oxygens (including phenoxy) is 1. The molecule has 6 heteroatoms. The van der Waals surface area contributed by atoms with Gasteiger partial charge < -0.3 is 19.5 Å².